The highest BCUT2D eigenvalue weighted by atomic mass is 79.9. The molecule has 2 rings (SSSR count). The largest absolute Gasteiger partial charge is 0.338 e. The quantitative estimate of drug-likeness (QED) is 0.917. The summed E-state index contributed by atoms with van der Waals surface area (Å²) in [6.07, 6.45) is 3.48. The van der Waals surface area contributed by atoms with Crippen molar-refractivity contribution in [2.75, 3.05) is 13.1 Å². The molecule has 110 valence electrons. The minimum absolute atomic E-state index is 0.227. The summed E-state index contributed by atoms with van der Waals surface area (Å²) in [7, 11) is 0. The number of nitrogens with two attached hydrogens (primary N) is 1. The van der Waals surface area contributed by atoms with Crippen LogP contribution in [0.25, 0.3) is 0 Å². The Balaban J connectivity index is 1.93. The van der Waals surface area contributed by atoms with Gasteiger partial charge in [0.15, 0.2) is 0 Å². The maximum atomic E-state index is 12.4. The van der Waals surface area contributed by atoms with Crippen molar-refractivity contribution >= 4 is 21.8 Å². The zero-order chi connectivity index (χ0) is 14.5. The highest BCUT2D eigenvalue weighted by molar-refractivity contribution is 9.10. The molecule has 1 amide bonds. The third-order valence-corrected chi connectivity index (χ3v) is 4.91. The van der Waals surface area contributed by atoms with Crippen molar-refractivity contribution in [2.24, 2.45) is 11.7 Å². The molecule has 0 radical (unpaired) electrons. The molecule has 0 bridgehead atoms. The van der Waals surface area contributed by atoms with E-state index in [2.05, 4.69) is 28.9 Å². The number of carbonyl (C=O) groups excluding carboxylic acids is 1. The number of benzene rings is 1. The van der Waals surface area contributed by atoms with Gasteiger partial charge in [0.2, 0.25) is 5.91 Å². The van der Waals surface area contributed by atoms with E-state index in [4.69, 9.17) is 5.73 Å². The number of hydrogen-bond donors (Lipinski definition) is 1. The molecule has 1 heterocycles. The molecule has 1 saturated heterocycles. The second kappa shape index (κ2) is 7.23. The Morgan fingerprint density at radius 2 is 2.20 bits per heavy atom. The van der Waals surface area contributed by atoms with Crippen LogP contribution in [0.3, 0.4) is 0 Å². The van der Waals surface area contributed by atoms with Crippen LogP contribution < -0.4 is 5.73 Å². The second-order valence-electron chi connectivity index (χ2n) is 5.70. The van der Waals surface area contributed by atoms with Crippen molar-refractivity contribution in [3.63, 3.8) is 0 Å². The number of rotatable bonds is 4. The molecule has 1 aliphatic heterocycles. The SMILES string of the molecule is CC1CCN(C(=O)CCc2ccccc2Br)C(CN)C1. The summed E-state index contributed by atoms with van der Waals surface area (Å²) in [4.78, 5) is 14.4. The molecule has 4 heteroatoms. The summed E-state index contributed by atoms with van der Waals surface area (Å²) in [6, 6.07) is 8.31. The number of amides is 1. The fourth-order valence-corrected chi connectivity index (χ4v) is 3.37. The minimum Gasteiger partial charge on any atom is -0.338 e. The molecular weight excluding hydrogens is 316 g/mol. The first-order valence-corrected chi connectivity index (χ1v) is 8.14. The van der Waals surface area contributed by atoms with E-state index in [1.807, 2.05) is 23.1 Å². The Morgan fingerprint density at radius 1 is 1.45 bits per heavy atom. The van der Waals surface area contributed by atoms with Gasteiger partial charge in [-0.1, -0.05) is 41.1 Å². The van der Waals surface area contributed by atoms with E-state index in [0.717, 1.165) is 30.3 Å². The van der Waals surface area contributed by atoms with Crippen molar-refractivity contribution in [1.29, 1.82) is 0 Å². The summed E-state index contributed by atoms with van der Waals surface area (Å²) in [6.45, 7) is 3.68. The fourth-order valence-electron chi connectivity index (χ4n) is 2.89. The summed E-state index contributed by atoms with van der Waals surface area (Å²) in [5.41, 5.74) is 7.01. The Labute approximate surface area is 129 Å². The van der Waals surface area contributed by atoms with Crippen LogP contribution in [-0.4, -0.2) is 29.9 Å². The summed E-state index contributed by atoms with van der Waals surface area (Å²) in [5.74, 6) is 0.916. The first kappa shape index (κ1) is 15.5. The summed E-state index contributed by atoms with van der Waals surface area (Å²) in [5, 5.41) is 0. The van der Waals surface area contributed by atoms with Crippen LogP contribution >= 0.6 is 15.9 Å². The Kier molecular flexibility index (Phi) is 5.61. The third-order valence-electron chi connectivity index (χ3n) is 4.14. The number of nitrogens with zero attached hydrogens (tertiary/aromatic N) is 1. The lowest BCUT2D eigenvalue weighted by Crippen LogP contribution is -2.49. The van der Waals surface area contributed by atoms with Gasteiger partial charge in [-0.2, -0.15) is 0 Å². The molecule has 2 atom stereocenters. The van der Waals surface area contributed by atoms with Gasteiger partial charge < -0.3 is 10.6 Å². The van der Waals surface area contributed by atoms with Gasteiger partial charge in [0, 0.05) is 30.0 Å². The van der Waals surface area contributed by atoms with Gasteiger partial charge in [0.05, 0.1) is 0 Å². The highest BCUT2D eigenvalue weighted by Gasteiger charge is 2.28. The van der Waals surface area contributed by atoms with Gasteiger partial charge >= 0.3 is 0 Å². The molecule has 2 N–H and O–H groups in total. The molecular formula is C16H23BrN2O. The highest BCUT2D eigenvalue weighted by Crippen LogP contribution is 2.23. The van der Waals surface area contributed by atoms with Gasteiger partial charge in [0.25, 0.3) is 0 Å². The number of halogens is 1. The molecule has 3 nitrogen and oxygen atoms in total. The minimum atomic E-state index is 0.227. The second-order valence-corrected chi connectivity index (χ2v) is 6.55. The monoisotopic (exact) mass is 338 g/mol. The molecule has 20 heavy (non-hydrogen) atoms. The molecule has 1 aromatic rings. The van der Waals surface area contributed by atoms with Crippen molar-refractivity contribution in [3.8, 4) is 0 Å². The molecule has 0 spiro atoms. The lowest BCUT2D eigenvalue weighted by molar-refractivity contribution is -0.135. The van der Waals surface area contributed by atoms with E-state index in [1.54, 1.807) is 0 Å². The van der Waals surface area contributed by atoms with Crippen LogP contribution in [0.15, 0.2) is 28.7 Å². The standard InChI is InChI=1S/C16H23BrN2O/c1-12-8-9-19(14(10-12)11-18)16(20)7-6-13-4-2-3-5-15(13)17/h2-5,12,14H,6-11,18H2,1H3. The summed E-state index contributed by atoms with van der Waals surface area (Å²) < 4.78 is 1.08. The van der Waals surface area contributed by atoms with Gasteiger partial charge in [-0.05, 0) is 36.8 Å². The topological polar surface area (TPSA) is 46.3 Å². The van der Waals surface area contributed by atoms with Gasteiger partial charge in [-0.15, -0.1) is 0 Å². The summed E-state index contributed by atoms with van der Waals surface area (Å²) >= 11 is 3.53. The molecule has 0 aliphatic carbocycles. The maximum absolute atomic E-state index is 12.4. The molecule has 2 unspecified atom stereocenters. The number of hydrogen-bond acceptors (Lipinski definition) is 2. The van der Waals surface area contributed by atoms with E-state index in [-0.39, 0.29) is 11.9 Å². The Hall–Kier alpha value is -0.870. The van der Waals surface area contributed by atoms with E-state index in [1.165, 1.54) is 5.56 Å². The van der Waals surface area contributed by atoms with E-state index >= 15 is 0 Å². The van der Waals surface area contributed by atoms with Crippen molar-refractivity contribution in [1.82, 2.24) is 4.90 Å². The normalized spacial score (nSPS) is 22.9. The molecule has 0 aromatic heterocycles. The van der Waals surface area contributed by atoms with E-state index in [9.17, 15) is 4.79 Å². The first-order valence-electron chi connectivity index (χ1n) is 7.34. The first-order chi connectivity index (χ1) is 9.61. The van der Waals surface area contributed by atoms with E-state index in [0.29, 0.717) is 18.9 Å². The average molecular weight is 339 g/mol. The predicted octanol–water partition coefficient (Wildman–Crippen LogP) is 2.97. The number of carbonyl (C=O) groups is 1. The third kappa shape index (κ3) is 3.83. The van der Waals surface area contributed by atoms with Crippen molar-refractivity contribution < 1.29 is 4.79 Å². The fraction of sp³-hybridized carbons (Fsp3) is 0.562. The van der Waals surface area contributed by atoms with Crippen LogP contribution in [0.5, 0.6) is 0 Å². The molecule has 1 aromatic carbocycles. The van der Waals surface area contributed by atoms with Crippen LogP contribution in [0.1, 0.15) is 31.7 Å². The lowest BCUT2D eigenvalue weighted by Gasteiger charge is -2.38. The molecule has 0 saturated carbocycles. The van der Waals surface area contributed by atoms with Crippen LogP contribution in [0.2, 0.25) is 0 Å². The van der Waals surface area contributed by atoms with Crippen molar-refractivity contribution in [2.45, 2.75) is 38.6 Å². The Bertz CT molecular complexity index is 464. The number of likely N-dealkylation sites (tertiary alicyclic amines) is 1. The predicted molar refractivity (Wildman–Crippen MR) is 85.4 cm³/mol. The van der Waals surface area contributed by atoms with Gasteiger partial charge in [-0.3, -0.25) is 4.79 Å². The van der Waals surface area contributed by atoms with Crippen molar-refractivity contribution in [3.05, 3.63) is 34.3 Å². The molecule has 1 fully saturated rings. The van der Waals surface area contributed by atoms with Crippen LogP contribution in [-0.2, 0) is 11.2 Å². The number of piperidine rings is 1. The van der Waals surface area contributed by atoms with E-state index < -0.39 is 0 Å². The smallest absolute Gasteiger partial charge is 0.223 e. The van der Waals surface area contributed by atoms with Crippen LogP contribution in [0.4, 0.5) is 0 Å². The van der Waals surface area contributed by atoms with Gasteiger partial charge in [-0.25, -0.2) is 0 Å². The Morgan fingerprint density at radius 3 is 2.90 bits per heavy atom. The molecule has 1 aliphatic rings. The average Bonchev–Trinajstić information content (AvgIpc) is 2.46. The van der Waals surface area contributed by atoms with Gasteiger partial charge in [0.1, 0.15) is 0 Å². The van der Waals surface area contributed by atoms with Crippen LogP contribution in [0, 0.1) is 5.92 Å². The zero-order valence-corrected chi connectivity index (χ0v) is 13.6. The zero-order valence-electron chi connectivity index (χ0n) is 12.0. The maximum Gasteiger partial charge on any atom is 0.223 e. The number of aryl methyl sites for hydroxylation is 1. The lowest BCUT2D eigenvalue weighted by atomic mass is 9.92.